The molecule has 22 heavy (non-hydrogen) atoms. The van der Waals surface area contributed by atoms with Gasteiger partial charge in [-0.3, -0.25) is 0 Å². The summed E-state index contributed by atoms with van der Waals surface area (Å²) >= 11 is 0. The van der Waals surface area contributed by atoms with Crippen molar-refractivity contribution in [2.24, 2.45) is 0 Å². The molecule has 1 fully saturated rings. The fourth-order valence-corrected chi connectivity index (χ4v) is 2.71. The van der Waals surface area contributed by atoms with E-state index < -0.39 is 30.1 Å². The van der Waals surface area contributed by atoms with Crippen molar-refractivity contribution >= 4 is 11.7 Å². The number of likely N-dealkylation sites (tertiary alicyclic amines) is 1. The molecule has 1 saturated heterocycles. The van der Waals surface area contributed by atoms with Gasteiger partial charge in [0, 0.05) is 17.8 Å². The van der Waals surface area contributed by atoms with Crippen molar-refractivity contribution in [3.8, 4) is 6.07 Å². The molecular weight excluding hydrogens is 289 g/mol. The van der Waals surface area contributed by atoms with E-state index in [0.717, 1.165) is 0 Å². The highest BCUT2D eigenvalue weighted by Gasteiger charge is 2.39. The van der Waals surface area contributed by atoms with Gasteiger partial charge >= 0.3 is 6.03 Å². The number of hydrogen-bond donors (Lipinski definition) is 3. The van der Waals surface area contributed by atoms with Gasteiger partial charge in [-0.05, 0) is 32.4 Å². The first-order valence-corrected chi connectivity index (χ1v) is 6.99. The number of carbonyl (C=O) groups excluding carboxylic acids is 1. The lowest BCUT2D eigenvalue weighted by atomic mass is 10.1. The molecule has 2 rings (SSSR count). The molecule has 0 bridgehead atoms. The van der Waals surface area contributed by atoms with Crippen LogP contribution in [0.3, 0.4) is 0 Å². The molecule has 3 atom stereocenters. The third-order valence-corrected chi connectivity index (χ3v) is 3.92. The zero-order valence-electron chi connectivity index (χ0n) is 12.4. The zero-order chi connectivity index (χ0) is 16.4. The van der Waals surface area contributed by atoms with Crippen molar-refractivity contribution < 1.29 is 19.4 Å². The Hall–Kier alpha value is -2.17. The van der Waals surface area contributed by atoms with E-state index in [2.05, 4.69) is 5.32 Å². The maximum atomic E-state index is 13.9. The first-order valence-electron chi connectivity index (χ1n) is 6.99. The molecule has 0 radical (unpaired) electrons. The van der Waals surface area contributed by atoms with Gasteiger partial charge in [-0.15, -0.1) is 0 Å². The highest BCUT2D eigenvalue weighted by Crippen LogP contribution is 2.25. The maximum absolute atomic E-state index is 13.9. The molecular formula is C15H18FN3O3. The Balaban J connectivity index is 2.20. The van der Waals surface area contributed by atoms with Gasteiger partial charge in [-0.1, -0.05) is 0 Å². The van der Waals surface area contributed by atoms with Crippen molar-refractivity contribution in [3.63, 3.8) is 0 Å². The quantitative estimate of drug-likeness (QED) is 0.768. The summed E-state index contributed by atoms with van der Waals surface area (Å²) < 4.78 is 13.9. The van der Waals surface area contributed by atoms with Crippen LogP contribution in [0.5, 0.6) is 0 Å². The summed E-state index contributed by atoms with van der Waals surface area (Å²) in [4.78, 5) is 13.6. The summed E-state index contributed by atoms with van der Waals surface area (Å²) in [7, 11) is 0. The first kappa shape index (κ1) is 16.2. The minimum Gasteiger partial charge on any atom is -0.391 e. The summed E-state index contributed by atoms with van der Waals surface area (Å²) in [6.07, 6.45) is -1.28. The first-order chi connectivity index (χ1) is 10.4. The average molecular weight is 307 g/mol. The van der Waals surface area contributed by atoms with Gasteiger partial charge in [0.25, 0.3) is 0 Å². The predicted octanol–water partition coefficient (Wildman–Crippen LogP) is 1.35. The van der Waals surface area contributed by atoms with Gasteiger partial charge in [0.1, 0.15) is 11.9 Å². The lowest BCUT2D eigenvalue weighted by Crippen LogP contribution is -2.47. The van der Waals surface area contributed by atoms with Gasteiger partial charge in [-0.25, -0.2) is 9.18 Å². The smallest absolute Gasteiger partial charge is 0.322 e. The maximum Gasteiger partial charge on any atom is 0.322 e. The molecule has 1 aliphatic heterocycles. The van der Waals surface area contributed by atoms with E-state index in [4.69, 9.17) is 5.26 Å². The minimum atomic E-state index is -0.873. The van der Waals surface area contributed by atoms with Gasteiger partial charge in [-0.2, -0.15) is 5.26 Å². The number of nitrogens with zero attached hydrogens (tertiary/aromatic N) is 2. The third kappa shape index (κ3) is 2.89. The number of aliphatic hydroxyl groups is 2. The Morgan fingerprint density at radius 3 is 2.86 bits per heavy atom. The van der Waals surface area contributed by atoms with Crippen LogP contribution in [0.2, 0.25) is 0 Å². The Morgan fingerprint density at radius 1 is 1.59 bits per heavy atom. The fourth-order valence-electron chi connectivity index (χ4n) is 2.71. The Labute approximate surface area is 127 Å². The summed E-state index contributed by atoms with van der Waals surface area (Å²) in [6.45, 7) is 3.28. The topological polar surface area (TPSA) is 96.6 Å². The number of hydrogen-bond acceptors (Lipinski definition) is 4. The van der Waals surface area contributed by atoms with E-state index in [9.17, 15) is 19.4 Å². The Morgan fingerprint density at radius 2 is 2.27 bits per heavy atom. The van der Waals surface area contributed by atoms with Crippen LogP contribution in [-0.4, -0.2) is 45.9 Å². The number of rotatable bonds is 2. The SMILES string of the molecule is Cc1c(NC(=O)N2CCC(O)[C@H]2[C@H](C)O)ccc(C#N)c1F. The lowest BCUT2D eigenvalue weighted by Gasteiger charge is -2.28. The molecule has 0 aliphatic carbocycles. The number of carbonyl (C=O) groups is 1. The van der Waals surface area contributed by atoms with Gasteiger partial charge in [0.15, 0.2) is 0 Å². The number of nitriles is 1. The minimum absolute atomic E-state index is 0.0889. The second-order valence-corrected chi connectivity index (χ2v) is 5.42. The van der Waals surface area contributed by atoms with Crippen molar-refractivity contribution in [1.82, 2.24) is 4.90 Å². The molecule has 0 saturated carbocycles. The van der Waals surface area contributed by atoms with Gasteiger partial charge < -0.3 is 20.4 Å². The fraction of sp³-hybridized carbons (Fsp3) is 0.467. The monoisotopic (exact) mass is 307 g/mol. The van der Waals surface area contributed by atoms with Crippen LogP contribution in [0.15, 0.2) is 12.1 Å². The molecule has 118 valence electrons. The average Bonchev–Trinajstić information content (AvgIpc) is 2.86. The molecule has 1 heterocycles. The summed E-state index contributed by atoms with van der Waals surface area (Å²) in [5, 5.41) is 30.9. The molecule has 6 nitrogen and oxygen atoms in total. The summed E-state index contributed by atoms with van der Waals surface area (Å²) in [5.41, 5.74) is 0.335. The molecule has 1 aromatic carbocycles. The van der Waals surface area contributed by atoms with Crippen LogP contribution < -0.4 is 5.32 Å². The molecule has 1 aromatic rings. The molecule has 1 aliphatic rings. The van der Waals surface area contributed by atoms with Crippen LogP contribution in [0, 0.1) is 24.1 Å². The predicted molar refractivity (Wildman–Crippen MR) is 77.7 cm³/mol. The number of urea groups is 1. The van der Waals surface area contributed by atoms with E-state index >= 15 is 0 Å². The van der Waals surface area contributed by atoms with Crippen molar-refractivity contribution in [2.45, 2.75) is 38.5 Å². The van der Waals surface area contributed by atoms with Crippen LogP contribution >= 0.6 is 0 Å². The highest BCUT2D eigenvalue weighted by molar-refractivity contribution is 5.90. The molecule has 3 N–H and O–H groups in total. The van der Waals surface area contributed by atoms with Gasteiger partial charge in [0.05, 0.1) is 23.8 Å². The normalized spacial score (nSPS) is 22.3. The van der Waals surface area contributed by atoms with E-state index in [1.54, 1.807) is 6.07 Å². The van der Waals surface area contributed by atoms with E-state index in [1.807, 2.05) is 0 Å². The van der Waals surface area contributed by atoms with Crippen molar-refractivity contribution in [2.75, 3.05) is 11.9 Å². The van der Waals surface area contributed by atoms with Crippen LogP contribution in [-0.2, 0) is 0 Å². The molecule has 0 spiro atoms. The molecule has 2 amide bonds. The number of aliphatic hydroxyl groups excluding tert-OH is 2. The molecule has 0 aromatic heterocycles. The second-order valence-electron chi connectivity index (χ2n) is 5.42. The largest absolute Gasteiger partial charge is 0.391 e. The van der Waals surface area contributed by atoms with Crippen LogP contribution in [0.25, 0.3) is 0 Å². The van der Waals surface area contributed by atoms with E-state index in [0.29, 0.717) is 13.0 Å². The third-order valence-electron chi connectivity index (χ3n) is 3.92. The lowest BCUT2D eigenvalue weighted by molar-refractivity contribution is 0.0387. The number of halogens is 1. The van der Waals surface area contributed by atoms with Crippen LogP contribution in [0.1, 0.15) is 24.5 Å². The summed E-state index contributed by atoms with van der Waals surface area (Å²) in [6, 6.07) is 3.28. The molecule has 7 heteroatoms. The number of amides is 2. The standard InChI is InChI=1S/C15H18FN3O3/c1-8-11(4-3-10(7-17)13(8)16)18-15(22)19-6-5-12(21)14(19)9(2)20/h3-4,9,12,14,20-21H,5-6H2,1-2H3,(H,18,22)/t9-,12?,14+/m0/s1. The Kier molecular flexibility index (Phi) is 4.64. The van der Waals surface area contributed by atoms with Crippen molar-refractivity contribution in [1.29, 1.82) is 5.26 Å². The number of anilines is 1. The molecule has 1 unspecified atom stereocenters. The van der Waals surface area contributed by atoms with Crippen LogP contribution in [0.4, 0.5) is 14.9 Å². The number of nitrogens with one attached hydrogen (secondary N) is 1. The zero-order valence-corrected chi connectivity index (χ0v) is 12.4. The number of benzene rings is 1. The van der Waals surface area contributed by atoms with E-state index in [-0.39, 0.29) is 16.8 Å². The summed E-state index contributed by atoms with van der Waals surface area (Å²) in [5.74, 6) is -0.672. The Bertz CT molecular complexity index is 627. The van der Waals surface area contributed by atoms with Gasteiger partial charge in [0.2, 0.25) is 0 Å². The highest BCUT2D eigenvalue weighted by atomic mass is 19.1. The van der Waals surface area contributed by atoms with E-state index in [1.165, 1.54) is 30.9 Å². The second kappa shape index (κ2) is 6.30. The van der Waals surface area contributed by atoms with Crippen molar-refractivity contribution in [3.05, 3.63) is 29.1 Å².